The van der Waals surface area contributed by atoms with Gasteiger partial charge in [-0.1, -0.05) is 0 Å². The molecule has 1 heterocycles. The third-order valence-electron chi connectivity index (χ3n) is 4.18. The highest BCUT2D eigenvalue weighted by Gasteiger charge is 2.35. The van der Waals surface area contributed by atoms with Crippen LogP contribution in [0.5, 0.6) is 0 Å². The van der Waals surface area contributed by atoms with Crippen molar-refractivity contribution in [3.05, 3.63) is 0 Å². The van der Waals surface area contributed by atoms with Crippen molar-refractivity contribution in [3.8, 4) is 0 Å². The van der Waals surface area contributed by atoms with Gasteiger partial charge in [-0.05, 0) is 38.5 Å². The number of amides is 1. The monoisotopic (exact) mass is 254 g/mol. The summed E-state index contributed by atoms with van der Waals surface area (Å²) in [6.07, 6.45) is 3.81. The second-order valence-electron chi connectivity index (χ2n) is 5.70. The van der Waals surface area contributed by atoms with Crippen LogP contribution in [0.1, 0.15) is 39.0 Å². The lowest BCUT2D eigenvalue weighted by atomic mass is 9.91. The van der Waals surface area contributed by atoms with Crippen molar-refractivity contribution in [2.75, 3.05) is 6.54 Å². The Balaban J connectivity index is 1.85. The minimum absolute atomic E-state index is 0.0121. The third kappa shape index (κ3) is 3.02. The van der Waals surface area contributed by atoms with Crippen molar-refractivity contribution in [1.29, 1.82) is 0 Å². The van der Waals surface area contributed by atoms with Crippen molar-refractivity contribution in [1.82, 2.24) is 4.90 Å². The highest BCUT2D eigenvalue weighted by molar-refractivity contribution is 5.78. The number of likely N-dealkylation sites (tertiary alicyclic amines) is 1. The molecule has 0 aromatic carbocycles. The molecule has 0 aromatic rings. The number of nitrogens with two attached hydrogens (primary N) is 1. The Labute approximate surface area is 107 Å². The molecular formula is C13H22N2O3. The highest BCUT2D eigenvalue weighted by Crippen LogP contribution is 2.33. The number of carboxylic acid groups (broad SMARTS) is 1. The topological polar surface area (TPSA) is 83.6 Å². The van der Waals surface area contributed by atoms with Crippen LogP contribution < -0.4 is 5.73 Å². The Hall–Kier alpha value is -1.10. The Morgan fingerprint density at radius 1 is 1.39 bits per heavy atom. The molecule has 1 amide bonds. The second-order valence-corrected chi connectivity index (χ2v) is 5.70. The Morgan fingerprint density at radius 3 is 2.56 bits per heavy atom. The maximum absolute atomic E-state index is 12.1. The fourth-order valence-corrected chi connectivity index (χ4v) is 2.78. The average molecular weight is 254 g/mol. The lowest BCUT2D eigenvalue weighted by molar-refractivity contribution is -0.147. The van der Waals surface area contributed by atoms with Crippen LogP contribution in [-0.2, 0) is 9.59 Å². The van der Waals surface area contributed by atoms with Gasteiger partial charge in [-0.2, -0.15) is 0 Å². The van der Waals surface area contributed by atoms with E-state index in [1.54, 1.807) is 0 Å². The summed E-state index contributed by atoms with van der Waals surface area (Å²) < 4.78 is 0. The molecule has 1 saturated carbocycles. The van der Waals surface area contributed by atoms with Crippen LogP contribution in [0, 0.1) is 11.8 Å². The molecule has 2 fully saturated rings. The number of carbonyl (C=O) groups is 2. The minimum Gasteiger partial charge on any atom is -0.481 e. The van der Waals surface area contributed by atoms with E-state index in [2.05, 4.69) is 0 Å². The van der Waals surface area contributed by atoms with Gasteiger partial charge in [0.05, 0.1) is 5.92 Å². The summed E-state index contributed by atoms with van der Waals surface area (Å²) >= 11 is 0. The molecule has 1 saturated heterocycles. The van der Waals surface area contributed by atoms with Gasteiger partial charge in [0.1, 0.15) is 0 Å². The smallest absolute Gasteiger partial charge is 0.306 e. The van der Waals surface area contributed by atoms with Crippen LogP contribution in [0.25, 0.3) is 0 Å². The molecule has 0 bridgehead atoms. The number of nitrogens with zero attached hydrogens (tertiary/aromatic N) is 1. The summed E-state index contributed by atoms with van der Waals surface area (Å²) in [5.41, 5.74) is 5.97. The van der Waals surface area contributed by atoms with Gasteiger partial charge >= 0.3 is 5.97 Å². The van der Waals surface area contributed by atoms with Crippen LogP contribution in [0.4, 0.5) is 0 Å². The SMILES string of the molecule is CC1CC(C(=O)O)CCN1C(=O)CC(N)C1CC1. The molecule has 5 nitrogen and oxygen atoms in total. The van der Waals surface area contributed by atoms with Gasteiger partial charge in [0.2, 0.25) is 5.91 Å². The Kier molecular flexibility index (Phi) is 3.90. The van der Waals surface area contributed by atoms with E-state index >= 15 is 0 Å². The quantitative estimate of drug-likeness (QED) is 0.778. The molecule has 1 aliphatic heterocycles. The highest BCUT2D eigenvalue weighted by atomic mass is 16.4. The molecule has 18 heavy (non-hydrogen) atoms. The normalized spacial score (nSPS) is 30.0. The number of carboxylic acids is 1. The number of hydrogen-bond donors (Lipinski definition) is 2. The van der Waals surface area contributed by atoms with Crippen molar-refractivity contribution < 1.29 is 14.7 Å². The zero-order chi connectivity index (χ0) is 13.3. The van der Waals surface area contributed by atoms with Gasteiger partial charge in [-0.25, -0.2) is 0 Å². The summed E-state index contributed by atoms with van der Waals surface area (Å²) in [6.45, 7) is 2.48. The van der Waals surface area contributed by atoms with E-state index in [1.807, 2.05) is 11.8 Å². The first-order chi connectivity index (χ1) is 8.49. The Bertz CT molecular complexity index is 341. The van der Waals surface area contributed by atoms with Crippen molar-refractivity contribution >= 4 is 11.9 Å². The van der Waals surface area contributed by atoms with Crippen LogP contribution >= 0.6 is 0 Å². The van der Waals surface area contributed by atoms with E-state index in [-0.39, 0.29) is 23.9 Å². The number of rotatable bonds is 4. The van der Waals surface area contributed by atoms with Crippen molar-refractivity contribution in [2.45, 2.75) is 51.1 Å². The molecule has 3 N–H and O–H groups in total. The standard InChI is InChI=1S/C13H22N2O3/c1-8-6-10(13(17)18)4-5-15(8)12(16)7-11(14)9-2-3-9/h8-11H,2-7,14H2,1H3,(H,17,18). The van der Waals surface area contributed by atoms with E-state index in [1.165, 1.54) is 0 Å². The fraction of sp³-hybridized carbons (Fsp3) is 0.846. The summed E-state index contributed by atoms with van der Waals surface area (Å²) in [5, 5.41) is 8.98. The zero-order valence-corrected chi connectivity index (χ0v) is 10.8. The van der Waals surface area contributed by atoms with Gasteiger partial charge in [-0.3, -0.25) is 9.59 Å². The first-order valence-corrected chi connectivity index (χ1v) is 6.77. The first kappa shape index (κ1) is 13.3. The fourth-order valence-electron chi connectivity index (χ4n) is 2.78. The van der Waals surface area contributed by atoms with Crippen molar-refractivity contribution in [3.63, 3.8) is 0 Å². The second kappa shape index (κ2) is 5.26. The predicted octanol–water partition coefficient (Wildman–Crippen LogP) is 0.825. The molecule has 5 heteroatoms. The van der Waals surface area contributed by atoms with Crippen LogP contribution in [0.3, 0.4) is 0 Å². The summed E-state index contributed by atoms with van der Waals surface area (Å²) in [5.74, 6) is -0.434. The molecular weight excluding hydrogens is 232 g/mol. The largest absolute Gasteiger partial charge is 0.481 e. The first-order valence-electron chi connectivity index (χ1n) is 6.77. The van der Waals surface area contributed by atoms with Crippen LogP contribution in [-0.4, -0.2) is 40.5 Å². The maximum atomic E-state index is 12.1. The lowest BCUT2D eigenvalue weighted by Gasteiger charge is -2.36. The molecule has 0 radical (unpaired) electrons. The number of carbonyl (C=O) groups excluding carboxylic acids is 1. The van der Waals surface area contributed by atoms with Gasteiger partial charge in [0, 0.05) is 25.0 Å². The van der Waals surface area contributed by atoms with Gasteiger partial charge in [0.15, 0.2) is 0 Å². The predicted molar refractivity (Wildman–Crippen MR) is 66.9 cm³/mol. The average Bonchev–Trinajstić information content (AvgIpc) is 3.12. The Morgan fingerprint density at radius 2 is 2.06 bits per heavy atom. The van der Waals surface area contributed by atoms with Gasteiger partial charge < -0.3 is 15.7 Å². The molecule has 1 aliphatic carbocycles. The van der Waals surface area contributed by atoms with E-state index < -0.39 is 5.97 Å². The number of aliphatic carboxylic acids is 1. The van der Waals surface area contributed by atoms with Gasteiger partial charge in [-0.15, -0.1) is 0 Å². The van der Waals surface area contributed by atoms with E-state index in [4.69, 9.17) is 10.8 Å². The van der Waals surface area contributed by atoms with E-state index in [9.17, 15) is 9.59 Å². The van der Waals surface area contributed by atoms with Crippen LogP contribution in [0.15, 0.2) is 0 Å². The van der Waals surface area contributed by atoms with E-state index in [0.717, 1.165) is 12.8 Å². The summed E-state index contributed by atoms with van der Waals surface area (Å²) in [7, 11) is 0. The molecule has 2 rings (SSSR count). The molecule has 3 unspecified atom stereocenters. The summed E-state index contributed by atoms with van der Waals surface area (Å²) in [6, 6.07) is 0.000602. The lowest BCUT2D eigenvalue weighted by Crippen LogP contribution is -2.47. The molecule has 0 spiro atoms. The maximum Gasteiger partial charge on any atom is 0.306 e. The zero-order valence-electron chi connectivity index (χ0n) is 10.8. The minimum atomic E-state index is -0.747. The van der Waals surface area contributed by atoms with Crippen LogP contribution in [0.2, 0.25) is 0 Å². The molecule has 3 atom stereocenters. The molecule has 0 aromatic heterocycles. The number of hydrogen-bond acceptors (Lipinski definition) is 3. The van der Waals surface area contributed by atoms with Crippen molar-refractivity contribution in [2.24, 2.45) is 17.6 Å². The number of piperidine rings is 1. The van der Waals surface area contributed by atoms with Gasteiger partial charge in [0.25, 0.3) is 0 Å². The summed E-state index contributed by atoms with van der Waals surface area (Å²) in [4.78, 5) is 24.9. The third-order valence-corrected chi connectivity index (χ3v) is 4.18. The molecule has 102 valence electrons. The van der Waals surface area contributed by atoms with E-state index in [0.29, 0.717) is 31.7 Å². The molecule has 2 aliphatic rings.